The van der Waals surface area contributed by atoms with E-state index in [0.29, 0.717) is 12.0 Å². The van der Waals surface area contributed by atoms with Crippen LogP contribution >= 0.6 is 0 Å². The molecule has 2 nitrogen and oxygen atoms in total. The smallest absolute Gasteiger partial charge is 0.0709 e. The van der Waals surface area contributed by atoms with Crippen molar-refractivity contribution in [3.8, 4) is 12.3 Å². The first-order valence-corrected chi connectivity index (χ1v) is 5.13. The average molecular weight is 180 g/mol. The molecule has 1 aliphatic rings. The van der Waals surface area contributed by atoms with Crippen LogP contribution in [-0.4, -0.2) is 30.1 Å². The Morgan fingerprint density at radius 2 is 2.31 bits per heavy atom. The van der Waals surface area contributed by atoms with E-state index < -0.39 is 0 Å². The molecule has 2 N–H and O–H groups in total. The lowest BCUT2D eigenvalue weighted by molar-refractivity contribution is 0.138. The van der Waals surface area contributed by atoms with Crippen LogP contribution in [-0.2, 0) is 0 Å². The van der Waals surface area contributed by atoms with E-state index >= 15 is 0 Å². The van der Waals surface area contributed by atoms with E-state index in [9.17, 15) is 0 Å². The summed E-state index contributed by atoms with van der Waals surface area (Å²) in [5.41, 5.74) is 5.95. The molecule has 0 spiro atoms. The molecule has 3 unspecified atom stereocenters. The maximum atomic E-state index is 5.95. The van der Waals surface area contributed by atoms with Gasteiger partial charge >= 0.3 is 0 Å². The third kappa shape index (κ3) is 2.72. The summed E-state index contributed by atoms with van der Waals surface area (Å²) in [6, 6.07) is 0.597. The van der Waals surface area contributed by atoms with Crippen LogP contribution in [0.15, 0.2) is 0 Å². The van der Waals surface area contributed by atoms with Crippen molar-refractivity contribution < 1.29 is 0 Å². The quantitative estimate of drug-likeness (QED) is 0.644. The third-order valence-electron chi connectivity index (χ3n) is 2.74. The fourth-order valence-electron chi connectivity index (χ4n) is 2.18. The van der Waals surface area contributed by atoms with Crippen molar-refractivity contribution >= 4 is 0 Å². The fourth-order valence-corrected chi connectivity index (χ4v) is 2.18. The molecule has 3 atom stereocenters. The lowest BCUT2D eigenvalue weighted by atomic mass is 9.95. The van der Waals surface area contributed by atoms with Gasteiger partial charge in [-0.2, -0.15) is 0 Å². The molecule has 0 saturated carbocycles. The summed E-state index contributed by atoms with van der Waals surface area (Å²) in [4.78, 5) is 2.35. The zero-order chi connectivity index (χ0) is 9.84. The van der Waals surface area contributed by atoms with Gasteiger partial charge in [0.25, 0.3) is 0 Å². The van der Waals surface area contributed by atoms with Crippen LogP contribution < -0.4 is 5.73 Å². The molecule has 13 heavy (non-hydrogen) atoms. The summed E-state index contributed by atoms with van der Waals surface area (Å²) >= 11 is 0. The molecule has 2 heteroatoms. The number of nitrogens with two attached hydrogens (primary N) is 1. The van der Waals surface area contributed by atoms with E-state index in [1.54, 1.807) is 0 Å². The topological polar surface area (TPSA) is 29.3 Å². The Balaban J connectivity index is 2.54. The van der Waals surface area contributed by atoms with Crippen LogP contribution in [0.3, 0.4) is 0 Å². The molecule has 1 aliphatic heterocycles. The van der Waals surface area contributed by atoms with Crippen LogP contribution in [0.25, 0.3) is 0 Å². The van der Waals surface area contributed by atoms with Gasteiger partial charge in [-0.3, -0.25) is 4.90 Å². The fraction of sp³-hybridized carbons (Fsp3) is 0.818. The van der Waals surface area contributed by atoms with Crippen molar-refractivity contribution in [2.45, 2.75) is 38.8 Å². The van der Waals surface area contributed by atoms with Gasteiger partial charge < -0.3 is 5.73 Å². The Morgan fingerprint density at radius 1 is 1.62 bits per heavy atom. The van der Waals surface area contributed by atoms with Crippen LogP contribution in [0.4, 0.5) is 0 Å². The SMILES string of the molecule is C#CC(CC)N1CC(C)CC(N)C1. The second-order valence-electron chi connectivity index (χ2n) is 4.15. The van der Waals surface area contributed by atoms with Crippen molar-refractivity contribution in [3.05, 3.63) is 0 Å². The highest BCUT2D eigenvalue weighted by Gasteiger charge is 2.25. The Hall–Kier alpha value is -0.520. The van der Waals surface area contributed by atoms with Gasteiger partial charge in [0.05, 0.1) is 6.04 Å². The normalized spacial score (nSPS) is 32.5. The van der Waals surface area contributed by atoms with Gasteiger partial charge in [-0.15, -0.1) is 6.42 Å². The predicted octanol–water partition coefficient (Wildman–Crippen LogP) is 1.07. The van der Waals surface area contributed by atoms with Crippen molar-refractivity contribution in [1.29, 1.82) is 0 Å². The monoisotopic (exact) mass is 180 g/mol. The number of terminal acetylenes is 1. The summed E-state index contributed by atoms with van der Waals surface area (Å²) in [7, 11) is 0. The van der Waals surface area contributed by atoms with E-state index in [1.165, 1.54) is 0 Å². The van der Waals surface area contributed by atoms with Gasteiger partial charge in [0.2, 0.25) is 0 Å². The Morgan fingerprint density at radius 3 is 2.77 bits per heavy atom. The molecule has 1 saturated heterocycles. The number of hydrogen-bond acceptors (Lipinski definition) is 2. The number of nitrogens with zero attached hydrogens (tertiary/aromatic N) is 1. The average Bonchev–Trinajstić information content (AvgIpc) is 2.04. The van der Waals surface area contributed by atoms with E-state index in [1.807, 2.05) is 0 Å². The summed E-state index contributed by atoms with van der Waals surface area (Å²) in [6.45, 7) is 6.45. The molecule has 1 fully saturated rings. The molecule has 0 aromatic rings. The van der Waals surface area contributed by atoms with Crippen molar-refractivity contribution in [1.82, 2.24) is 4.90 Å². The van der Waals surface area contributed by atoms with Crippen LogP contribution in [0.1, 0.15) is 26.7 Å². The third-order valence-corrected chi connectivity index (χ3v) is 2.74. The Bertz CT molecular complexity index is 185. The largest absolute Gasteiger partial charge is 0.327 e. The second-order valence-corrected chi connectivity index (χ2v) is 4.15. The lowest BCUT2D eigenvalue weighted by Gasteiger charge is -2.37. The molecule has 0 amide bonds. The molecule has 1 rings (SSSR count). The first kappa shape index (κ1) is 10.6. The van der Waals surface area contributed by atoms with E-state index in [2.05, 4.69) is 24.7 Å². The van der Waals surface area contributed by atoms with Gasteiger partial charge in [0, 0.05) is 19.1 Å². The minimum absolute atomic E-state index is 0.286. The minimum atomic E-state index is 0.286. The van der Waals surface area contributed by atoms with Crippen LogP contribution in [0.2, 0.25) is 0 Å². The predicted molar refractivity (Wildman–Crippen MR) is 56.2 cm³/mol. The van der Waals surface area contributed by atoms with Gasteiger partial charge in [-0.25, -0.2) is 0 Å². The zero-order valence-corrected chi connectivity index (χ0v) is 8.66. The Kier molecular flexibility index (Phi) is 3.77. The van der Waals surface area contributed by atoms with E-state index in [-0.39, 0.29) is 6.04 Å². The number of likely N-dealkylation sites (tertiary alicyclic amines) is 1. The standard InChI is InChI=1S/C11H20N2/c1-4-11(5-2)13-7-9(3)6-10(12)8-13/h1,9-11H,5-8,12H2,2-3H3. The molecule has 74 valence electrons. The highest BCUT2D eigenvalue weighted by molar-refractivity contribution is 5.01. The van der Waals surface area contributed by atoms with Gasteiger partial charge in [-0.1, -0.05) is 19.8 Å². The molecule has 0 bridgehead atoms. The molecular weight excluding hydrogens is 160 g/mol. The molecule has 0 aromatic carbocycles. The number of hydrogen-bond donors (Lipinski definition) is 1. The first-order chi connectivity index (χ1) is 6.17. The molecule has 0 aliphatic carbocycles. The molecule has 0 aromatic heterocycles. The molecular formula is C11H20N2. The van der Waals surface area contributed by atoms with Crippen molar-refractivity contribution in [3.63, 3.8) is 0 Å². The van der Waals surface area contributed by atoms with Crippen molar-refractivity contribution in [2.75, 3.05) is 13.1 Å². The molecule has 1 heterocycles. The maximum absolute atomic E-state index is 5.95. The minimum Gasteiger partial charge on any atom is -0.327 e. The summed E-state index contributed by atoms with van der Waals surface area (Å²) in [5, 5.41) is 0. The van der Waals surface area contributed by atoms with Gasteiger partial charge in [-0.05, 0) is 18.8 Å². The molecule has 0 radical (unpaired) electrons. The van der Waals surface area contributed by atoms with E-state index in [0.717, 1.165) is 25.9 Å². The lowest BCUT2D eigenvalue weighted by Crippen LogP contribution is -2.50. The second kappa shape index (κ2) is 4.64. The summed E-state index contributed by atoms with van der Waals surface area (Å²) in [5.74, 6) is 3.52. The van der Waals surface area contributed by atoms with E-state index in [4.69, 9.17) is 12.2 Å². The van der Waals surface area contributed by atoms with Gasteiger partial charge in [0.1, 0.15) is 0 Å². The number of rotatable bonds is 2. The first-order valence-electron chi connectivity index (χ1n) is 5.13. The zero-order valence-electron chi connectivity index (χ0n) is 8.66. The number of piperidine rings is 1. The summed E-state index contributed by atoms with van der Waals surface area (Å²) < 4.78 is 0. The maximum Gasteiger partial charge on any atom is 0.0709 e. The Labute approximate surface area is 81.5 Å². The van der Waals surface area contributed by atoms with Crippen LogP contribution in [0, 0.1) is 18.3 Å². The highest BCUT2D eigenvalue weighted by atomic mass is 15.2. The highest BCUT2D eigenvalue weighted by Crippen LogP contribution is 2.18. The summed E-state index contributed by atoms with van der Waals surface area (Å²) in [6.07, 6.45) is 7.63. The van der Waals surface area contributed by atoms with Crippen LogP contribution in [0.5, 0.6) is 0 Å². The van der Waals surface area contributed by atoms with Crippen molar-refractivity contribution in [2.24, 2.45) is 11.7 Å². The van der Waals surface area contributed by atoms with Gasteiger partial charge in [0.15, 0.2) is 0 Å².